The van der Waals surface area contributed by atoms with E-state index in [1.807, 2.05) is 0 Å². The maximum atomic E-state index is 13.1. The van der Waals surface area contributed by atoms with Gasteiger partial charge in [-0.3, -0.25) is 37.3 Å². The van der Waals surface area contributed by atoms with Crippen LogP contribution in [0.15, 0.2) is 0 Å². The first-order valence-corrected chi connectivity index (χ1v) is 42.0. The topological polar surface area (TPSA) is 237 Å². The van der Waals surface area contributed by atoms with Crippen LogP contribution in [-0.2, 0) is 65.4 Å². The Hall–Kier alpha value is -1.94. The summed E-state index contributed by atoms with van der Waals surface area (Å²) in [6.45, 7) is 9.60. The lowest BCUT2D eigenvalue weighted by molar-refractivity contribution is -0.161. The summed E-state index contributed by atoms with van der Waals surface area (Å²) in [4.78, 5) is 72.6. The van der Waals surface area contributed by atoms with Crippen molar-refractivity contribution < 1.29 is 80.2 Å². The maximum Gasteiger partial charge on any atom is 0.472 e. The van der Waals surface area contributed by atoms with Gasteiger partial charge in [0.05, 0.1) is 26.4 Å². The van der Waals surface area contributed by atoms with Crippen molar-refractivity contribution in [1.82, 2.24) is 0 Å². The minimum Gasteiger partial charge on any atom is -0.462 e. The van der Waals surface area contributed by atoms with Crippen LogP contribution in [0.4, 0.5) is 0 Å². The number of carbonyl (C=O) groups excluding carboxylic acids is 4. The molecule has 0 saturated heterocycles. The van der Waals surface area contributed by atoms with Gasteiger partial charge in [0.1, 0.15) is 19.3 Å². The summed E-state index contributed by atoms with van der Waals surface area (Å²) in [6.07, 6.45) is 54.2. The lowest BCUT2D eigenvalue weighted by Gasteiger charge is -2.21. The minimum atomic E-state index is -4.96. The molecule has 0 heterocycles. The molecule has 19 heteroatoms. The highest BCUT2D eigenvalue weighted by molar-refractivity contribution is 7.47. The smallest absolute Gasteiger partial charge is 0.462 e. The van der Waals surface area contributed by atoms with Gasteiger partial charge in [-0.25, -0.2) is 9.13 Å². The van der Waals surface area contributed by atoms with Gasteiger partial charge in [-0.2, -0.15) is 0 Å². The molecule has 0 aliphatic heterocycles. The van der Waals surface area contributed by atoms with Gasteiger partial charge in [0.25, 0.3) is 0 Å². The van der Waals surface area contributed by atoms with Crippen molar-refractivity contribution in [2.75, 3.05) is 39.6 Å². The molecule has 0 aliphatic carbocycles. The van der Waals surface area contributed by atoms with Crippen LogP contribution in [0.25, 0.3) is 0 Å². The number of aliphatic hydroxyl groups excluding tert-OH is 1. The van der Waals surface area contributed by atoms with E-state index in [-0.39, 0.29) is 25.7 Å². The summed E-state index contributed by atoms with van der Waals surface area (Å²) in [6, 6.07) is 0. The number of esters is 4. The largest absolute Gasteiger partial charge is 0.472 e. The zero-order chi connectivity index (χ0) is 69.3. The summed E-state index contributed by atoms with van der Waals surface area (Å²) in [5.74, 6) is -0.517. The molecule has 0 radical (unpaired) electrons. The van der Waals surface area contributed by atoms with Crippen LogP contribution in [-0.4, -0.2) is 96.7 Å². The standard InChI is InChI=1S/C75H146O17P2/c1-7-9-11-13-15-31-39-45-51-57-72(77)85-63-70(91-74(79)59-53-47-41-32-16-14-12-10-8-2)65-89-93(81,82)87-61-69(76)62-88-94(83,84)90-66-71(64-86-73(78)58-52-46-40-35-29-26-25-28-34-38-44-50-56-68(5)6)92-75(80)60-54-48-42-36-30-24-22-20-18-17-19-21-23-27-33-37-43-49-55-67(3)4/h67-71,76H,7-66H2,1-6H3,(H,81,82)(H,83,84)/t69-,70+,71+/m0/s1. The lowest BCUT2D eigenvalue weighted by Crippen LogP contribution is -2.30. The molecule has 0 aromatic carbocycles. The van der Waals surface area contributed by atoms with Crippen LogP contribution in [0.1, 0.15) is 388 Å². The molecule has 94 heavy (non-hydrogen) atoms. The summed E-state index contributed by atoms with van der Waals surface area (Å²) < 4.78 is 68.4. The predicted molar refractivity (Wildman–Crippen MR) is 381 cm³/mol. The molecule has 0 aromatic rings. The van der Waals surface area contributed by atoms with Gasteiger partial charge in [0.2, 0.25) is 0 Å². The Morgan fingerprint density at radius 3 is 0.723 bits per heavy atom. The molecule has 3 N–H and O–H groups in total. The van der Waals surface area contributed by atoms with Gasteiger partial charge in [0.15, 0.2) is 12.2 Å². The normalized spacial score (nSPS) is 14.0. The van der Waals surface area contributed by atoms with Crippen molar-refractivity contribution in [3.8, 4) is 0 Å². The van der Waals surface area contributed by atoms with E-state index in [1.165, 1.54) is 205 Å². The van der Waals surface area contributed by atoms with E-state index in [0.29, 0.717) is 25.7 Å². The second-order valence-electron chi connectivity index (χ2n) is 28.0. The molecule has 0 aliphatic rings. The second kappa shape index (κ2) is 66.9. The summed E-state index contributed by atoms with van der Waals surface area (Å²) in [5, 5.41) is 10.6. The van der Waals surface area contributed by atoms with E-state index in [4.69, 9.17) is 37.0 Å². The fourth-order valence-corrected chi connectivity index (χ4v) is 13.1. The molecule has 5 atom stereocenters. The Balaban J connectivity index is 5.17. The summed E-state index contributed by atoms with van der Waals surface area (Å²) in [7, 11) is -9.90. The Labute approximate surface area is 575 Å². The Kier molecular flexibility index (Phi) is 65.5. The van der Waals surface area contributed by atoms with Gasteiger partial charge < -0.3 is 33.8 Å². The van der Waals surface area contributed by atoms with Crippen molar-refractivity contribution in [1.29, 1.82) is 0 Å². The third kappa shape index (κ3) is 68.6. The van der Waals surface area contributed by atoms with Gasteiger partial charge >= 0.3 is 39.5 Å². The van der Waals surface area contributed by atoms with Crippen molar-refractivity contribution in [3.05, 3.63) is 0 Å². The number of hydrogen-bond acceptors (Lipinski definition) is 15. The number of unbranched alkanes of at least 4 members (excludes halogenated alkanes) is 44. The number of carbonyl (C=O) groups is 4. The molecule has 0 bridgehead atoms. The van der Waals surface area contributed by atoms with Crippen molar-refractivity contribution in [2.24, 2.45) is 11.8 Å². The molecule has 0 rings (SSSR count). The summed E-state index contributed by atoms with van der Waals surface area (Å²) in [5.41, 5.74) is 0. The Morgan fingerprint density at radius 2 is 0.489 bits per heavy atom. The van der Waals surface area contributed by atoms with E-state index in [0.717, 1.165) is 102 Å². The summed E-state index contributed by atoms with van der Waals surface area (Å²) >= 11 is 0. The highest BCUT2D eigenvalue weighted by Crippen LogP contribution is 2.45. The fourth-order valence-electron chi connectivity index (χ4n) is 11.5. The van der Waals surface area contributed by atoms with Crippen LogP contribution in [0.3, 0.4) is 0 Å². The van der Waals surface area contributed by atoms with E-state index in [2.05, 4.69) is 41.5 Å². The van der Waals surface area contributed by atoms with Gasteiger partial charge in [-0.05, 0) is 37.5 Å². The third-order valence-corrected chi connectivity index (χ3v) is 19.4. The highest BCUT2D eigenvalue weighted by atomic mass is 31.2. The zero-order valence-corrected chi connectivity index (χ0v) is 63.1. The number of aliphatic hydroxyl groups is 1. The number of ether oxygens (including phenoxy) is 4. The second-order valence-corrected chi connectivity index (χ2v) is 30.9. The van der Waals surface area contributed by atoms with E-state index >= 15 is 0 Å². The fraction of sp³-hybridized carbons (Fsp3) is 0.947. The molecule has 0 aromatic heterocycles. The number of phosphoric ester groups is 2. The third-order valence-electron chi connectivity index (χ3n) is 17.5. The number of hydrogen-bond donors (Lipinski definition) is 3. The van der Waals surface area contributed by atoms with Crippen molar-refractivity contribution in [2.45, 2.75) is 407 Å². The monoisotopic (exact) mass is 1380 g/mol. The predicted octanol–water partition coefficient (Wildman–Crippen LogP) is 21.9. The van der Waals surface area contributed by atoms with Crippen LogP contribution >= 0.6 is 15.6 Å². The first-order chi connectivity index (χ1) is 45.4. The Bertz CT molecular complexity index is 1820. The van der Waals surface area contributed by atoms with Crippen LogP contribution in [0.5, 0.6) is 0 Å². The minimum absolute atomic E-state index is 0.106. The lowest BCUT2D eigenvalue weighted by atomic mass is 10.0. The SMILES string of the molecule is CCCCCCCCCCCC(=O)OC[C@H](COP(=O)(O)OC[C@H](O)COP(=O)(O)OC[C@@H](COC(=O)CCCCCCCCCCCCCCC(C)C)OC(=O)CCCCCCCCCCCCCCCCCCCCC(C)C)OC(=O)CCCCCCCCCCC. The van der Waals surface area contributed by atoms with Crippen molar-refractivity contribution >= 4 is 39.5 Å². The number of rotatable bonds is 74. The highest BCUT2D eigenvalue weighted by Gasteiger charge is 2.30. The van der Waals surface area contributed by atoms with E-state index in [1.54, 1.807) is 0 Å². The van der Waals surface area contributed by atoms with Crippen LogP contribution in [0.2, 0.25) is 0 Å². The first kappa shape index (κ1) is 92.1. The number of phosphoric acid groups is 2. The van der Waals surface area contributed by atoms with Gasteiger partial charge in [-0.15, -0.1) is 0 Å². The van der Waals surface area contributed by atoms with Crippen molar-refractivity contribution in [3.63, 3.8) is 0 Å². The molecule has 17 nitrogen and oxygen atoms in total. The average Bonchev–Trinajstić information content (AvgIpc) is 1.49. The van der Waals surface area contributed by atoms with Crippen LogP contribution < -0.4 is 0 Å². The van der Waals surface area contributed by atoms with E-state index < -0.39 is 97.5 Å². The van der Waals surface area contributed by atoms with Gasteiger partial charge in [-0.1, -0.05) is 337 Å². The first-order valence-electron chi connectivity index (χ1n) is 39.0. The molecule has 0 spiro atoms. The quantitative estimate of drug-likeness (QED) is 0.0222. The molecule has 0 fully saturated rings. The average molecular weight is 1380 g/mol. The Morgan fingerprint density at radius 1 is 0.287 bits per heavy atom. The van der Waals surface area contributed by atoms with E-state index in [9.17, 15) is 43.2 Å². The van der Waals surface area contributed by atoms with Gasteiger partial charge in [0, 0.05) is 25.7 Å². The molecule has 0 saturated carbocycles. The molecule has 2 unspecified atom stereocenters. The molecular weight excluding hydrogens is 1230 g/mol. The molecular formula is C75H146O17P2. The molecule has 558 valence electrons. The maximum absolute atomic E-state index is 13.1. The molecule has 0 amide bonds. The zero-order valence-electron chi connectivity index (χ0n) is 61.3. The van der Waals surface area contributed by atoms with Crippen LogP contribution in [0, 0.1) is 11.8 Å².